The third kappa shape index (κ3) is 27.6. The molecule has 0 saturated carbocycles. The summed E-state index contributed by atoms with van der Waals surface area (Å²) < 4.78 is 13.1. The molecule has 0 spiro atoms. The molecule has 0 bridgehead atoms. The first kappa shape index (κ1) is 27.8. The predicted octanol–water partition coefficient (Wildman–Crippen LogP) is -1.37. The fourth-order valence-corrected chi connectivity index (χ4v) is 1.04. The summed E-state index contributed by atoms with van der Waals surface area (Å²) in [7, 11) is 0.389. The van der Waals surface area contributed by atoms with Crippen LogP contribution in [0.3, 0.4) is 0 Å². The quantitative estimate of drug-likeness (QED) is 0.539. The Labute approximate surface area is 129 Å². The largest absolute Gasteiger partial charge is 3.00 e. The molecule has 8 heteroatoms. The van der Waals surface area contributed by atoms with Gasteiger partial charge in [0.2, 0.25) is 0 Å². The Bertz CT molecular complexity index is 120. The molecule has 0 aromatic carbocycles. The van der Waals surface area contributed by atoms with Crippen molar-refractivity contribution in [3.8, 4) is 0 Å². The van der Waals surface area contributed by atoms with Crippen LogP contribution in [0.1, 0.15) is 39.5 Å². The van der Waals surface area contributed by atoms with Crippen LogP contribution in [0.5, 0.6) is 0 Å². The molecule has 114 valence electrons. The van der Waals surface area contributed by atoms with Gasteiger partial charge in [0, 0.05) is 21.3 Å². The van der Waals surface area contributed by atoms with E-state index in [1.54, 1.807) is 0 Å². The van der Waals surface area contributed by atoms with Crippen molar-refractivity contribution in [3.63, 3.8) is 0 Å². The third-order valence-corrected chi connectivity index (χ3v) is 3.25. The summed E-state index contributed by atoms with van der Waals surface area (Å²) in [6.45, 7) is 4.21. The summed E-state index contributed by atoms with van der Waals surface area (Å²) in [5, 5.41) is 19.1. The summed E-state index contributed by atoms with van der Waals surface area (Å²) in [5.74, 6) is 0. The number of hydrogen-bond acceptors (Lipinski definition) is 6. The molecule has 0 unspecified atom stereocenters. The minimum Gasteiger partial charge on any atom is -0.854 e. The smallest absolute Gasteiger partial charge is 0.854 e. The van der Waals surface area contributed by atoms with Crippen LogP contribution in [0.25, 0.3) is 0 Å². The Morgan fingerprint density at radius 2 is 1.05 bits per heavy atom. The van der Waals surface area contributed by atoms with Gasteiger partial charge >= 0.3 is 26.4 Å². The molecule has 0 saturated heterocycles. The Kier molecular flexibility index (Phi) is 34.5. The maximum Gasteiger partial charge on any atom is 3.00 e. The molecular weight excluding hydrogens is 283 g/mol. The van der Waals surface area contributed by atoms with Crippen molar-refractivity contribution in [3.05, 3.63) is 0 Å². The maximum atomic E-state index is 10.7. The number of rotatable bonds is 7. The molecule has 0 amide bonds. The van der Waals surface area contributed by atoms with E-state index in [-0.39, 0.29) is 30.6 Å². The van der Waals surface area contributed by atoms with Crippen LogP contribution < -0.4 is 15.0 Å². The number of unbranched alkanes of at least 4 members (excludes halogenated alkanes) is 2. The Hall–Kier alpha value is 0.509. The van der Waals surface area contributed by atoms with Crippen LogP contribution in [0.15, 0.2) is 0 Å². The molecule has 0 atom stereocenters. The summed E-state index contributed by atoms with van der Waals surface area (Å²) in [4.78, 5) is 10.7. The van der Waals surface area contributed by atoms with Gasteiger partial charge in [0.1, 0.15) is 0 Å². The third-order valence-electron chi connectivity index (χ3n) is 1.75. The van der Waals surface area contributed by atoms with E-state index in [0.717, 1.165) is 25.7 Å². The Balaban J connectivity index is -0.0000000906. The van der Waals surface area contributed by atoms with Gasteiger partial charge in [0.15, 0.2) is 0 Å². The molecular formula is C11H27AlO6Si. The first-order valence-electron chi connectivity index (χ1n) is 6.03. The van der Waals surface area contributed by atoms with Crippen molar-refractivity contribution in [1.29, 1.82) is 0 Å². The minimum atomic E-state index is -3.42. The second-order valence-electron chi connectivity index (χ2n) is 3.23. The maximum absolute atomic E-state index is 10.7. The van der Waals surface area contributed by atoms with E-state index in [0.29, 0.717) is 0 Å². The molecule has 0 N–H and O–H groups in total. The molecule has 0 aromatic rings. The van der Waals surface area contributed by atoms with Gasteiger partial charge < -0.3 is 28.3 Å². The topological polar surface area (TPSA) is 96.9 Å². The average Bonchev–Trinajstić information content (AvgIpc) is 2.41. The van der Waals surface area contributed by atoms with Crippen LogP contribution in [0, 0.1) is 0 Å². The first-order valence-corrected chi connectivity index (χ1v) is 7.67. The van der Waals surface area contributed by atoms with Crippen LogP contribution in [0.4, 0.5) is 0 Å². The van der Waals surface area contributed by atoms with Gasteiger partial charge in [-0.1, -0.05) is 39.5 Å². The molecule has 0 heterocycles. The van der Waals surface area contributed by atoms with E-state index in [9.17, 15) is 15.0 Å². The molecule has 0 aliphatic carbocycles. The van der Waals surface area contributed by atoms with Crippen LogP contribution in [0.2, 0.25) is 0 Å². The first-order chi connectivity index (χ1) is 8.51. The second kappa shape index (κ2) is 23.6. The van der Waals surface area contributed by atoms with E-state index < -0.39 is 9.05 Å². The van der Waals surface area contributed by atoms with Gasteiger partial charge in [-0.15, -0.1) is 13.2 Å². The molecule has 0 aromatic heterocycles. The Morgan fingerprint density at radius 1 is 0.789 bits per heavy atom. The molecule has 0 aliphatic heterocycles. The summed E-state index contributed by atoms with van der Waals surface area (Å²) in [6, 6.07) is 0. The van der Waals surface area contributed by atoms with E-state index in [2.05, 4.69) is 13.3 Å². The van der Waals surface area contributed by atoms with Gasteiger partial charge in [-0.2, -0.15) is 0 Å². The molecule has 6 nitrogen and oxygen atoms in total. The zero-order chi connectivity index (χ0) is 14.9. The zero-order valence-corrected chi connectivity index (χ0v) is 14.9. The predicted molar refractivity (Wildman–Crippen MR) is 72.1 cm³/mol. The van der Waals surface area contributed by atoms with E-state index in [1.165, 1.54) is 21.3 Å². The van der Waals surface area contributed by atoms with Gasteiger partial charge in [0.25, 0.3) is 0 Å². The molecule has 0 fully saturated rings. The second-order valence-corrected chi connectivity index (χ2v) is 5.45. The summed E-state index contributed by atoms with van der Waals surface area (Å²) in [5.41, 5.74) is 0. The molecule has 0 radical (unpaired) electrons. The number of hydrogen-bond donors (Lipinski definition) is 0. The van der Waals surface area contributed by atoms with Crippen molar-refractivity contribution < 1.29 is 28.3 Å². The van der Waals surface area contributed by atoms with Gasteiger partial charge in [-0.25, -0.2) is 0 Å². The summed E-state index contributed by atoms with van der Waals surface area (Å²) >= 11 is 0. The van der Waals surface area contributed by atoms with Crippen molar-refractivity contribution in [2.45, 2.75) is 39.5 Å². The minimum absolute atomic E-state index is 0. The van der Waals surface area contributed by atoms with Crippen LogP contribution in [-0.4, -0.2) is 61.0 Å². The van der Waals surface area contributed by atoms with Crippen molar-refractivity contribution in [2.24, 2.45) is 0 Å². The molecule has 19 heavy (non-hydrogen) atoms. The monoisotopic (exact) mass is 310 g/mol. The van der Waals surface area contributed by atoms with Crippen LogP contribution in [-0.2, 0) is 13.3 Å². The van der Waals surface area contributed by atoms with Crippen molar-refractivity contribution >= 4 is 26.4 Å². The van der Waals surface area contributed by atoms with Gasteiger partial charge in [-0.05, 0) is 0 Å². The SMILES string of the molecule is CCCC[O-].CCCC[O-].CO[Si]([O-])(OC)OC.[Al+3]. The van der Waals surface area contributed by atoms with E-state index >= 15 is 0 Å². The Morgan fingerprint density at radius 3 is 1.05 bits per heavy atom. The van der Waals surface area contributed by atoms with Crippen molar-refractivity contribution in [1.82, 2.24) is 0 Å². The van der Waals surface area contributed by atoms with Crippen molar-refractivity contribution in [2.75, 3.05) is 34.5 Å². The molecule has 0 rings (SSSR count). The standard InChI is InChI=1S/2C4H9O.C3H9O4Si.Al/c2*1-2-3-4-5;1-5-8(4,6-2)7-3;/h2*2-4H2,1H3;1-3H3;/q3*-1;+3. The van der Waals surface area contributed by atoms with E-state index in [1.807, 2.05) is 13.8 Å². The average molecular weight is 310 g/mol. The summed E-state index contributed by atoms with van der Waals surface area (Å²) in [6.07, 6.45) is 3.73. The zero-order valence-electron chi connectivity index (χ0n) is 12.8. The van der Waals surface area contributed by atoms with E-state index in [4.69, 9.17) is 0 Å². The fourth-order valence-electron chi connectivity index (χ4n) is 0.539. The van der Waals surface area contributed by atoms with Gasteiger partial charge in [-0.3, -0.25) is 0 Å². The fraction of sp³-hybridized carbons (Fsp3) is 1.00. The molecule has 0 aliphatic rings. The van der Waals surface area contributed by atoms with Gasteiger partial charge in [0.05, 0.1) is 0 Å². The van der Waals surface area contributed by atoms with Crippen LogP contribution >= 0.6 is 0 Å². The normalized spacial score (nSPS) is 9.47.